The number of hydrogen-bond donors (Lipinski definition) is 1. The van der Waals surface area contributed by atoms with Crippen molar-refractivity contribution in [2.24, 2.45) is 5.92 Å². The summed E-state index contributed by atoms with van der Waals surface area (Å²) in [6.45, 7) is 3.57. The van der Waals surface area contributed by atoms with Gasteiger partial charge in [-0.05, 0) is 49.4 Å². The average molecular weight is 318 g/mol. The first-order valence-electron chi connectivity index (χ1n) is 7.67. The quantitative estimate of drug-likeness (QED) is 0.832. The van der Waals surface area contributed by atoms with Crippen LogP contribution in [0.5, 0.6) is 0 Å². The molecule has 0 spiro atoms. The smallest absolute Gasteiger partial charge is 0.223 e. The molecule has 1 saturated carbocycles. The van der Waals surface area contributed by atoms with E-state index < -0.39 is 0 Å². The highest BCUT2D eigenvalue weighted by molar-refractivity contribution is 6.30. The van der Waals surface area contributed by atoms with Crippen molar-refractivity contribution in [3.05, 3.63) is 52.8 Å². The molecule has 1 aliphatic rings. The normalized spacial score (nSPS) is 19.9. The van der Waals surface area contributed by atoms with Crippen LogP contribution >= 0.6 is 11.6 Å². The Morgan fingerprint density at radius 1 is 1.36 bits per heavy atom. The molecule has 0 saturated heterocycles. The van der Waals surface area contributed by atoms with E-state index in [4.69, 9.17) is 11.6 Å². The van der Waals surface area contributed by atoms with Crippen molar-refractivity contribution in [1.82, 2.24) is 15.1 Å². The van der Waals surface area contributed by atoms with Crippen molar-refractivity contribution in [3.8, 4) is 0 Å². The van der Waals surface area contributed by atoms with Crippen molar-refractivity contribution >= 4 is 17.5 Å². The molecule has 116 valence electrons. The predicted octanol–water partition coefficient (Wildman–Crippen LogP) is 3.15. The standard InChI is InChI=1S/C17H20ClN3O/c1-12-7-9-20-21(12)10-2-8-19-17(22)16-11-15(16)13-3-5-14(18)6-4-13/h3-7,9,15-16H,2,8,10-11H2,1H3,(H,19,22). The van der Waals surface area contributed by atoms with Crippen LogP contribution in [0.15, 0.2) is 36.5 Å². The monoisotopic (exact) mass is 317 g/mol. The van der Waals surface area contributed by atoms with Gasteiger partial charge in [0.05, 0.1) is 0 Å². The van der Waals surface area contributed by atoms with Crippen LogP contribution in [0.2, 0.25) is 5.02 Å². The van der Waals surface area contributed by atoms with Crippen molar-refractivity contribution in [1.29, 1.82) is 0 Å². The molecule has 1 N–H and O–H groups in total. The van der Waals surface area contributed by atoms with Gasteiger partial charge in [-0.25, -0.2) is 0 Å². The van der Waals surface area contributed by atoms with Crippen LogP contribution in [-0.2, 0) is 11.3 Å². The summed E-state index contributed by atoms with van der Waals surface area (Å²) in [6.07, 6.45) is 3.63. The molecule has 2 unspecified atom stereocenters. The highest BCUT2D eigenvalue weighted by atomic mass is 35.5. The Morgan fingerprint density at radius 2 is 2.14 bits per heavy atom. The van der Waals surface area contributed by atoms with Crippen molar-refractivity contribution < 1.29 is 4.79 Å². The Labute approximate surface area is 135 Å². The number of halogens is 1. The molecule has 0 radical (unpaired) electrons. The zero-order chi connectivity index (χ0) is 15.5. The SMILES string of the molecule is Cc1ccnn1CCCNC(=O)C1CC1c1ccc(Cl)cc1. The second-order valence-corrected chi connectivity index (χ2v) is 6.28. The third-order valence-corrected chi connectivity index (χ3v) is 4.45. The van der Waals surface area contributed by atoms with Gasteiger partial charge in [0.2, 0.25) is 5.91 Å². The molecule has 3 rings (SSSR count). The summed E-state index contributed by atoms with van der Waals surface area (Å²) in [5.74, 6) is 0.635. The van der Waals surface area contributed by atoms with Crippen LogP contribution in [0.3, 0.4) is 0 Å². The second kappa shape index (κ2) is 6.53. The van der Waals surface area contributed by atoms with E-state index in [9.17, 15) is 4.79 Å². The zero-order valence-corrected chi connectivity index (χ0v) is 13.4. The van der Waals surface area contributed by atoms with E-state index in [1.54, 1.807) is 6.20 Å². The maximum atomic E-state index is 12.1. The van der Waals surface area contributed by atoms with Gasteiger partial charge in [0, 0.05) is 35.9 Å². The van der Waals surface area contributed by atoms with Crippen LogP contribution in [0.4, 0.5) is 0 Å². The van der Waals surface area contributed by atoms with Crippen molar-refractivity contribution in [3.63, 3.8) is 0 Å². The maximum Gasteiger partial charge on any atom is 0.223 e. The first kappa shape index (κ1) is 15.1. The van der Waals surface area contributed by atoms with Gasteiger partial charge in [-0.2, -0.15) is 5.10 Å². The lowest BCUT2D eigenvalue weighted by Gasteiger charge is -2.07. The molecule has 1 amide bonds. The molecule has 1 heterocycles. The Morgan fingerprint density at radius 3 is 2.82 bits per heavy atom. The summed E-state index contributed by atoms with van der Waals surface area (Å²) in [7, 11) is 0. The summed E-state index contributed by atoms with van der Waals surface area (Å²) in [5.41, 5.74) is 2.35. The number of aromatic nitrogens is 2. The summed E-state index contributed by atoms with van der Waals surface area (Å²) < 4.78 is 1.96. The molecular formula is C17H20ClN3O. The third-order valence-electron chi connectivity index (χ3n) is 4.20. The van der Waals surface area contributed by atoms with E-state index in [1.165, 1.54) is 5.56 Å². The van der Waals surface area contributed by atoms with E-state index in [0.29, 0.717) is 12.5 Å². The fourth-order valence-corrected chi connectivity index (χ4v) is 2.89. The van der Waals surface area contributed by atoms with Gasteiger partial charge in [-0.3, -0.25) is 9.48 Å². The van der Waals surface area contributed by atoms with E-state index in [0.717, 1.165) is 30.1 Å². The summed E-state index contributed by atoms with van der Waals surface area (Å²) in [5, 5.41) is 8.00. The van der Waals surface area contributed by atoms with Gasteiger partial charge in [0.1, 0.15) is 0 Å². The van der Waals surface area contributed by atoms with Crippen LogP contribution < -0.4 is 5.32 Å². The van der Waals surface area contributed by atoms with Crippen LogP contribution in [0.1, 0.15) is 30.0 Å². The van der Waals surface area contributed by atoms with Gasteiger partial charge in [-0.15, -0.1) is 0 Å². The lowest BCUT2D eigenvalue weighted by Crippen LogP contribution is -2.27. The number of nitrogens with one attached hydrogen (secondary N) is 1. The molecule has 0 aliphatic heterocycles. The van der Waals surface area contributed by atoms with E-state index in [-0.39, 0.29) is 11.8 Å². The first-order chi connectivity index (χ1) is 10.6. The van der Waals surface area contributed by atoms with Gasteiger partial charge in [-0.1, -0.05) is 23.7 Å². The molecule has 2 aromatic rings. The van der Waals surface area contributed by atoms with Crippen LogP contribution in [0.25, 0.3) is 0 Å². The molecule has 1 aliphatic carbocycles. The van der Waals surface area contributed by atoms with Crippen LogP contribution in [0, 0.1) is 12.8 Å². The molecule has 0 bridgehead atoms. The Hall–Kier alpha value is -1.81. The van der Waals surface area contributed by atoms with Gasteiger partial charge in [0.15, 0.2) is 0 Å². The topological polar surface area (TPSA) is 46.9 Å². The minimum Gasteiger partial charge on any atom is -0.356 e. The van der Waals surface area contributed by atoms with Crippen molar-refractivity contribution in [2.45, 2.75) is 32.2 Å². The number of benzene rings is 1. The number of nitrogens with zero attached hydrogens (tertiary/aromatic N) is 2. The second-order valence-electron chi connectivity index (χ2n) is 5.84. The minimum atomic E-state index is 0.118. The lowest BCUT2D eigenvalue weighted by atomic mass is 10.1. The molecule has 1 fully saturated rings. The Kier molecular flexibility index (Phi) is 4.48. The van der Waals surface area contributed by atoms with Crippen molar-refractivity contribution in [2.75, 3.05) is 6.54 Å². The minimum absolute atomic E-state index is 0.118. The largest absolute Gasteiger partial charge is 0.356 e. The number of carbonyl (C=O) groups excluding carboxylic acids is 1. The van der Waals surface area contributed by atoms with E-state index in [2.05, 4.69) is 10.4 Å². The van der Waals surface area contributed by atoms with Gasteiger partial charge in [0.25, 0.3) is 0 Å². The van der Waals surface area contributed by atoms with E-state index >= 15 is 0 Å². The van der Waals surface area contributed by atoms with Gasteiger partial charge < -0.3 is 5.32 Å². The number of aryl methyl sites for hydroxylation is 2. The molecule has 5 heteroatoms. The Bertz CT molecular complexity index is 650. The zero-order valence-electron chi connectivity index (χ0n) is 12.6. The average Bonchev–Trinajstić information content (AvgIpc) is 3.21. The fourth-order valence-electron chi connectivity index (χ4n) is 2.77. The highest BCUT2D eigenvalue weighted by Crippen LogP contribution is 2.47. The fraction of sp³-hybridized carbons (Fsp3) is 0.412. The van der Waals surface area contributed by atoms with E-state index in [1.807, 2.05) is 41.9 Å². The molecule has 4 nitrogen and oxygen atoms in total. The lowest BCUT2D eigenvalue weighted by molar-refractivity contribution is -0.122. The summed E-state index contributed by atoms with van der Waals surface area (Å²) in [4.78, 5) is 12.1. The Balaban J connectivity index is 1.40. The molecule has 2 atom stereocenters. The third kappa shape index (κ3) is 3.50. The first-order valence-corrected chi connectivity index (χ1v) is 8.04. The predicted molar refractivity (Wildman–Crippen MR) is 86.9 cm³/mol. The number of rotatable bonds is 6. The molecule has 1 aromatic carbocycles. The molecular weight excluding hydrogens is 298 g/mol. The van der Waals surface area contributed by atoms with Gasteiger partial charge >= 0.3 is 0 Å². The number of amides is 1. The highest BCUT2D eigenvalue weighted by Gasteiger charge is 2.43. The molecule has 22 heavy (non-hydrogen) atoms. The summed E-state index contributed by atoms with van der Waals surface area (Å²) in [6, 6.07) is 9.79. The number of carbonyl (C=O) groups is 1. The molecule has 1 aromatic heterocycles. The number of hydrogen-bond acceptors (Lipinski definition) is 2. The van der Waals surface area contributed by atoms with Crippen LogP contribution in [-0.4, -0.2) is 22.2 Å². The summed E-state index contributed by atoms with van der Waals surface area (Å²) >= 11 is 5.89. The maximum absolute atomic E-state index is 12.1.